The topological polar surface area (TPSA) is 106 Å². The Balaban J connectivity index is 1.78. The molecule has 1 aromatic heterocycles. The molecule has 1 amide bonds. The van der Waals surface area contributed by atoms with Crippen LogP contribution in [-0.2, 0) is 16.3 Å². The highest BCUT2D eigenvalue weighted by atomic mass is 32.2. The number of thiophene rings is 1. The van der Waals surface area contributed by atoms with E-state index in [-0.39, 0.29) is 14.8 Å². The van der Waals surface area contributed by atoms with Gasteiger partial charge in [-0.1, -0.05) is 65.9 Å². The summed E-state index contributed by atoms with van der Waals surface area (Å²) in [6, 6.07) is 19.7. The van der Waals surface area contributed by atoms with Gasteiger partial charge in [0.1, 0.15) is 0 Å². The molecule has 7 nitrogen and oxygen atoms in total. The van der Waals surface area contributed by atoms with E-state index in [2.05, 4.69) is 5.32 Å². The molecule has 0 radical (unpaired) electrons. The number of hydrogen-bond acceptors (Lipinski definition) is 6. The molecule has 31 heavy (non-hydrogen) atoms. The van der Waals surface area contributed by atoms with E-state index in [0.29, 0.717) is 12.8 Å². The second-order valence-corrected chi connectivity index (χ2v) is 9.58. The lowest BCUT2D eigenvalue weighted by Gasteiger charge is -2.15. The van der Waals surface area contributed by atoms with E-state index in [1.54, 1.807) is 18.2 Å². The van der Waals surface area contributed by atoms with Crippen molar-refractivity contribution in [3.63, 3.8) is 0 Å². The molecule has 1 heterocycles. The van der Waals surface area contributed by atoms with Gasteiger partial charge in [-0.05, 0) is 36.6 Å². The van der Waals surface area contributed by atoms with E-state index < -0.39 is 26.7 Å². The van der Waals surface area contributed by atoms with Crippen molar-refractivity contribution in [2.75, 3.05) is 0 Å². The van der Waals surface area contributed by atoms with Crippen LogP contribution in [0.5, 0.6) is 0 Å². The Morgan fingerprint density at radius 1 is 1.03 bits per heavy atom. The van der Waals surface area contributed by atoms with Crippen molar-refractivity contribution in [2.45, 2.75) is 23.8 Å². The normalized spacial score (nSPS) is 12.5. The molecule has 2 aromatic carbocycles. The number of nitrogens with one attached hydrogen (secondary N) is 1. The second kappa shape index (κ2) is 10.1. The van der Waals surface area contributed by atoms with Gasteiger partial charge in [-0.3, -0.25) is 14.9 Å². The third-order valence-corrected chi connectivity index (χ3v) is 6.94. The Labute approximate surface area is 184 Å². The Bertz CT molecular complexity index is 1170. The standard InChI is InChI=1S/C22H20N2O5S2/c25-22(20-13-14-21(30-20)24(26)27)23-18(12-11-17-7-3-1-4-8-17)15-16-31(28,29)19-9-5-2-6-10-19/h1-10,13-16,18H,11-12H2,(H,23,25). The molecule has 0 saturated carbocycles. The fraction of sp³-hybridized carbons (Fsp3) is 0.136. The average molecular weight is 457 g/mol. The maximum Gasteiger partial charge on any atom is 0.324 e. The fourth-order valence-corrected chi connectivity index (χ4v) is 4.67. The summed E-state index contributed by atoms with van der Waals surface area (Å²) in [6.07, 6.45) is 2.53. The van der Waals surface area contributed by atoms with Crippen molar-refractivity contribution in [1.82, 2.24) is 5.32 Å². The Morgan fingerprint density at radius 3 is 2.29 bits per heavy atom. The minimum absolute atomic E-state index is 0.131. The van der Waals surface area contributed by atoms with Gasteiger partial charge >= 0.3 is 5.00 Å². The molecule has 0 bridgehead atoms. The largest absolute Gasteiger partial charge is 0.345 e. The van der Waals surface area contributed by atoms with Crippen LogP contribution in [0.2, 0.25) is 0 Å². The number of rotatable bonds is 9. The summed E-state index contributed by atoms with van der Waals surface area (Å²) in [5.41, 5.74) is 1.05. The smallest absolute Gasteiger partial charge is 0.324 e. The van der Waals surface area contributed by atoms with Gasteiger partial charge in [0.25, 0.3) is 5.91 Å². The molecular formula is C22H20N2O5S2. The SMILES string of the molecule is O=C(NC(C=CS(=O)(=O)c1ccccc1)CCc1ccccc1)c1ccc([N+](=O)[O-])s1. The quantitative estimate of drug-likeness (QED) is 0.380. The second-order valence-electron chi connectivity index (χ2n) is 6.69. The minimum atomic E-state index is -3.66. The van der Waals surface area contributed by atoms with Crippen LogP contribution in [0.4, 0.5) is 5.00 Å². The van der Waals surface area contributed by atoms with Crippen molar-refractivity contribution in [3.8, 4) is 0 Å². The van der Waals surface area contributed by atoms with Gasteiger partial charge in [0.05, 0.1) is 14.7 Å². The first-order valence-corrected chi connectivity index (χ1v) is 11.8. The number of hydrogen-bond donors (Lipinski definition) is 1. The van der Waals surface area contributed by atoms with Crippen LogP contribution >= 0.6 is 11.3 Å². The maximum absolute atomic E-state index is 12.6. The highest BCUT2D eigenvalue weighted by Gasteiger charge is 2.18. The summed E-state index contributed by atoms with van der Waals surface area (Å²) in [5.74, 6) is -0.488. The number of sulfone groups is 1. The van der Waals surface area contributed by atoms with E-state index >= 15 is 0 Å². The molecule has 1 unspecified atom stereocenters. The van der Waals surface area contributed by atoms with Crippen LogP contribution in [0.25, 0.3) is 0 Å². The van der Waals surface area contributed by atoms with Crippen LogP contribution in [0.15, 0.2) is 89.2 Å². The highest BCUT2D eigenvalue weighted by molar-refractivity contribution is 7.94. The molecular weight excluding hydrogens is 436 g/mol. The zero-order valence-electron chi connectivity index (χ0n) is 16.4. The number of carbonyl (C=O) groups excluding carboxylic acids is 1. The number of amides is 1. The minimum Gasteiger partial charge on any atom is -0.345 e. The molecule has 160 valence electrons. The van der Waals surface area contributed by atoms with Gasteiger partial charge < -0.3 is 5.32 Å². The molecule has 3 aromatic rings. The predicted molar refractivity (Wildman–Crippen MR) is 120 cm³/mol. The van der Waals surface area contributed by atoms with Crippen LogP contribution in [0, 0.1) is 10.1 Å². The zero-order valence-corrected chi connectivity index (χ0v) is 18.0. The van der Waals surface area contributed by atoms with E-state index in [0.717, 1.165) is 22.3 Å². The van der Waals surface area contributed by atoms with Gasteiger partial charge in [-0.25, -0.2) is 8.42 Å². The molecule has 0 fully saturated rings. The predicted octanol–water partition coefficient (Wildman–Crippen LogP) is 4.38. The summed E-state index contributed by atoms with van der Waals surface area (Å²) >= 11 is 0.773. The molecule has 9 heteroatoms. The van der Waals surface area contributed by atoms with Crippen LogP contribution in [0.3, 0.4) is 0 Å². The number of nitrogens with zero attached hydrogens (tertiary/aromatic N) is 1. The first-order valence-electron chi connectivity index (χ1n) is 9.42. The van der Waals surface area contributed by atoms with E-state index in [1.807, 2.05) is 30.3 Å². The summed E-state index contributed by atoms with van der Waals surface area (Å²) in [4.78, 5) is 23.3. The van der Waals surface area contributed by atoms with E-state index in [9.17, 15) is 23.3 Å². The Kier molecular flexibility index (Phi) is 7.32. The van der Waals surface area contributed by atoms with E-state index in [1.165, 1.54) is 30.3 Å². The molecule has 3 rings (SSSR count). The van der Waals surface area contributed by atoms with Crippen LogP contribution in [-0.4, -0.2) is 25.3 Å². The van der Waals surface area contributed by atoms with Gasteiger partial charge in [0.2, 0.25) is 0 Å². The lowest BCUT2D eigenvalue weighted by molar-refractivity contribution is -0.380. The van der Waals surface area contributed by atoms with E-state index in [4.69, 9.17) is 0 Å². The van der Waals surface area contributed by atoms with Crippen molar-refractivity contribution in [3.05, 3.63) is 105 Å². The molecule has 1 N–H and O–H groups in total. The number of benzene rings is 2. The Hall–Kier alpha value is -3.30. The molecule has 0 aliphatic carbocycles. The van der Waals surface area contributed by atoms with Crippen molar-refractivity contribution >= 4 is 32.1 Å². The number of nitro groups is 1. The lowest BCUT2D eigenvalue weighted by Crippen LogP contribution is -2.33. The zero-order chi connectivity index (χ0) is 22.3. The van der Waals surface area contributed by atoms with Gasteiger partial charge in [-0.2, -0.15) is 0 Å². The van der Waals surface area contributed by atoms with Crippen molar-refractivity contribution in [1.29, 1.82) is 0 Å². The van der Waals surface area contributed by atoms with Crippen LogP contribution in [0.1, 0.15) is 21.7 Å². The molecule has 0 aliphatic heterocycles. The summed E-state index contributed by atoms with van der Waals surface area (Å²) < 4.78 is 25.1. The Morgan fingerprint density at radius 2 is 1.68 bits per heavy atom. The van der Waals surface area contributed by atoms with Crippen molar-refractivity contribution < 1.29 is 18.1 Å². The fourth-order valence-electron chi connectivity index (χ4n) is 2.86. The summed E-state index contributed by atoms with van der Waals surface area (Å²) in [6.45, 7) is 0. The first-order chi connectivity index (χ1) is 14.8. The lowest BCUT2D eigenvalue weighted by atomic mass is 10.1. The summed E-state index contributed by atoms with van der Waals surface area (Å²) in [5, 5.41) is 14.6. The third kappa shape index (κ3) is 6.34. The van der Waals surface area contributed by atoms with Crippen LogP contribution < -0.4 is 5.32 Å². The number of aryl methyl sites for hydroxylation is 1. The highest BCUT2D eigenvalue weighted by Crippen LogP contribution is 2.24. The third-order valence-electron chi connectivity index (χ3n) is 4.46. The first kappa shape index (κ1) is 22.4. The maximum atomic E-state index is 12.6. The van der Waals surface area contributed by atoms with Gasteiger partial charge in [0.15, 0.2) is 9.84 Å². The monoisotopic (exact) mass is 456 g/mol. The molecule has 0 aliphatic rings. The number of carbonyl (C=O) groups is 1. The molecule has 1 atom stereocenters. The summed E-state index contributed by atoms with van der Waals surface area (Å²) in [7, 11) is -3.66. The average Bonchev–Trinajstić information content (AvgIpc) is 3.28. The van der Waals surface area contributed by atoms with Gasteiger partial charge in [0, 0.05) is 17.5 Å². The van der Waals surface area contributed by atoms with Gasteiger partial charge in [-0.15, -0.1) is 0 Å². The van der Waals surface area contributed by atoms with Crippen molar-refractivity contribution in [2.24, 2.45) is 0 Å². The molecule has 0 saturated heterocycles. The molecule has 0 spiro atoms.